The monoisotopic (exact) mass is 433 g/mol. The van der Waals surface area contributed by atoms with Crippen molar-refractivity contribution in [2.75, 3.05) is 89.4 Å². The lowest BCUT2D eigenvalue weighted by Crippen LogP contribution is -2.43. The molecule has 1 atom stereocenters. The summed E-state index contributed by atoms with van der Waals surface area (Å²) in [5.41, 5.74) is 0. The zero-order chi connectivity index (χ0) is 19.8. The van der Waals surface area contributed by atoms with Crippen LogP contribution < -0.4 is 5.32 Å². The molecule has 0 spiro atoms. The van der Waals surface area contributed by atoms with Crippen LogP contribution in [0, 0.1) is 5.92 Å². The van der Waals surface area contributed by atoms with E-state index in [0.717, 1.165) is 76.4 Å². The van der Waals surface area contributed by atoms with Crippen molar-refractivity contribution < 1.29 is 13.2 Å². The number of ether oxygens (including phenoxy) is 1. The smallest absolute Gasteiger partial charge is 0.215 e. The Hall–Kier alpha value is -0.550. The predicted octanol–water partition coefficient (Wildman–Crippen LogP) is -0.0154. The molecule has 3 aliphatic heterocycles. The van der Waals surface area contributed by atoms with E-state index in [1.165, 1.54) is 0 Å². The standard InChI is InChI=1S/C18H35N5O3S2/c1-2-19-18(20-4-14-28(24,25)23-8-12-27-13-9-23)22-5-3-17(16-22)15-21-6-10-26-11-7-21/h17H,2-16H2,1H3,(H,19,20). The molecule has 8 nitrogen and oxygen atoms in total. The van der Waals surface area contributed by atoms with Crippen LogP contribution in [0.1, 0.15) is 13.3 Å². The number of aliphatic imine (C=N–C) groups is 1. The fourth-order valence-corrected chi connectivity index (χ4v) is 6.42. The van der Waals surface area contributed by atoms with Crippen LogP contribution in [0.4, 0.5) is 0 Å². The first-order valence-electron chi connectivity index (χ1n) is 10.5. The zero-order valence-corrected chi connectivity index (χ0v) is 18.6. The number of hydrogen-bond acceptors (Lipinski definition) is 6. The fourth-order valence-electron chi connectivity index (χ4n) is 3.97. The second-order valence-electron chi connectivity index (χ2n) is 7.58. The van der Waals surface area contributed by atoms with E-state index in [-0.39, 0.29) is 5.75 Å². The van der Waals surface area contributed by atoms with Crippen molar-refractivity contribution in [2.24, 2.45) is 10.9 Å². The van der Waals surface area contributed by atoms with Crippen LogP contribution in [0.5, 0.6) is 0 Å². The molecule has 0 aromatic heterocycles. The molecule has 3 rings (SSSR count). The second-order valence-corrected chi connectivity index (χ2v) is 10.9. The molecule has 3 heterocycles. The van der Waals surface area contributed by atoms with Crippen molar-refractivity contribution in [3.05, 3.63) is 0 Å². The van der Waals surface area contributed by atoms with Crippen LogP contribution in [0.3, 0.4) is 0 Å². The predicted molar refractivity (Wildman–Crippen MR) is 116 cm³/mol. The Morgan fingerprint density at radius 1 is 1.18 bits per heavy atom. The van der Waals surface area contributed by atoms with Gasteiger partial charge in [0.1, 0.15) is 0 Å². The van der Waals surface area contributed by atoms with E-state index in [0.29, 0.717) is 25.6 Å². The van der Waals surface area contributed by atoms with Crippen molar-refractivity contribution in [1.29, 1.82) is 0 Å². The van der Waals surface area contributed by atoms with Gasteiger partial charge in [0.15, 0.2) is 5.96 Å². The summed E-state index contributed by atoms with van der Waals surface area (Å²) in [5, 5.41) is 3.35. The normalized spacial score (nSPS) is 26.0. The van der Waals surface area contributed by atoms with Crippen molar-refractivity contribution in [3.63, 3.8) is 0 Å². The molecule has 3 fully saturated rings. The molecule has 0 aromatic rings. The molecule has 1 N–H and O–H groups in total. The first kappa shape index (κ1) is 22.1. The molecule has 0 radical (unpaired) electrons. The van der Waals surface area contributed by atoms with Crippen LogP contribution in [0.2, 0.25) is 0 Å². The molecule has 3 saturated heterocycles. The molecule has 28 heavy (non-hydrogen) atoms. The molecular weight excluding hydrogens is 398 g/mol. The van der Waals surface area contributed by atoms with Gasteiger partial charge in [-0.25, -0.2) is 12.7 Å². The van der Waals surface area contributed by atoms with Gasteiger partial charge in [0, 0.05) is 63.9 Å². The van der Waals surface area contributed by atoms with Gasteiger partial charge in [0.2, 0.25) is 10.0 Å². The topological polar surface area (TPSA) is 77.5 Å². The first-order valence-corrected chi connectivity index (χ1v) is 13.2. The van der Waals surface area contributed by atoms with E-state index >= 15 is 0 Å². The largest absolute Gasteiger partial charge is 0.379 e. The van der Waals surface area contributed by atoms with Gasteiger partial charge in [0.25, 0.3) is 0 Å². The van der Waals surface area contributed by atoms with Crippen LogP contribution in [0.15, 0.2) is 4.99 Å². The lowest BCUT2D eigenvalue weighted by Gasteiger charge is -2.29. The number of hydrogen-bond donors (Lipinski definition) is 1. The molecule has 3 aliphatic rings. The third-order valence-electron chi connectivity index (χ3n) is 5.51. The maximum Gasteiger partial charge on any atom is 0.215 e. The number of thioether (sulfide) groups is 1. The zero-order valence-electron chi connectivity index (χ0n) is 17.0. The molecule has 0 bridgehead atoms. The number of nitrogens with one attached hydrogen (secondary N) is 1. The summed E-state index contributed by atoms with van der Waals surface area (Å²) in [6, 6.07) is 0. The number of sulfonamides is 1. The molecule has 0 saturated carbocycles. The lowest BCUT2D eigenvalue weighted by atomic mass is 10.1. The van der Waals surface area contributed by atoms with Crippen molar-refractivity contribution in [2.45, 2.75) is 13.3 Å². The highest BCUT2D eigenvalue weighted by Gasteiger charge is 2.28. The summed E-state index contributed by atoms with van der Waals surface area (Å²) in [5.74, 6) is 3.37. The van der Waals surface area contributed by atoms with E-state index in [1.54, 1.807) is 4.31 Å². The van der Waals surface area contributed by atoms with E-state index in [1.807, 2.05) is 11.8 Å². The maximum atomic E-state index is 12.5. The SMILES string of the molecule is CCNC(=NCCS(=O)(=O)N1CCSCC1)N1CCC(CN2CCOCC2)C1. The molecule has 0 aromatic carbocycles. The molecule has 1 unspecified atom stereocenters. The summed E-state index contributed by atoms with van der Waals surface area (Å²) in [7, 11) is -3.20. The third-order valence-corrected chi connectivity index (χ3v) is 8.31. The van der Waals surface area contributed by atoms with E-state index in [2.05, 4.69) is 27.0 Å². The Morgan fingerprint density at radius 2 is 1.93 bits per heavy atom. The Morgan fingerprint density at radius 3 is 2.64 bits per heavy atom. The Labute approximate surface area is 174 Å². The number of morpholine rings is 1. The van der Waals surface area contributed by atoms with Gasteiger partial charge in [-0.3, -0.25) is 9.89 Å². The highest BCUT2D eigenvalue weighted by Crippen LogP contribution is 2.18. The van der Waals surface area contributed by atoms with Crippen LogP contribution in [-0.4, -0.2) is 118 Å². The van der Waals surface area contributed by atoms with Gasteiger partial charge in [-0.1, -0.05) is 0 Å². The quantitative estimate of drug-likeness (QED) is 0.447. The highest BCUT2D eigenvalue weighted by atomic mass is 32.2. The van der Waals surface area contributed by atoms with Crippen LogP contribution in [0.25, 0.3) is 0 Å². The minimum absolute atomic E-state index is 0.0948. The first-order chi connectivity index (χ1) is 13.6. The second kappa shape index (κ2) is 11.0. The summed E-state index contributed by atoms with van der Waals surface area (Å²) >= 11 is 1.82. The summed E-state index contributed by atoms with van der Waals surface area (Å²) in [4.78, 5) is 9.43. The maximum absolute atomic E-state index is 12.5. The average Bonchev–Trinajstić information content (AvgIpc) is 3.17. The van der Waals surface area contributed by atoms with Crippen LogP contribution >= 0.6 is 11.8 Å². The summed E-state index contributed by atoms with van der Waals surface area (Å²) < 4.78 is 32.1. The number of nitrogens with zero attached hydrogens (tertiary/aromatic N) is 4. The number of likely N-dealkylation sites (tertiary alicyclic amines) is 1. The van der Waals surface area contributed by atoms with Gasteiger partial charge < -0.3 is 15.0 Å². The minimum Gasteiger partial charge on any atom is -0.379 e. The molecule has 0 aliphatic carbocycles. The van der Waals surface area contributed by atoms with Gasteiger partial charge in [0.05, 0.1) is 25.5 Å². The molecule has 0 amide bonds. The number of rotatable bonds is 7. The molecule has 162 valence electrons. The van der Waals surface area contributed by atoms with E-state index in [4.69, 9.17) is 4.74 Å². The fraction of sp³-hybridized carbons (Fsp3) is 0.944. The third kappa shape index (κ3) is 6.48. The average molecular weight is 434 g/mol. The van der Waals surface area contributed by atoms with Crippen LogP contribution in [-0.2, 0) is 14.8 Å². The van der Waals surface area contributed by atoms with E-state index < -0.39 is 10.0 Å². The highest BCUT2D eigenvalue weighted by molar-refractivity contribution is 7.99. The van der Waals surface area contributed by atoms with Gasteiger partial charge >= 0.3 is 0 Å². The lowest BCUT2D eigenvalue weighted by molar-refractivity contribution is 0.0315. The molecule has 10 heteroatoms. The molecular formula is C18H35N5O3S2. The Bertz CT molecular complexity index is 604. The van der Waals surface area contributed by atoms with Crippen molar-refractivity contribution in [3.8, 4) is 0 Å². The Balaban J connectivity index is 1.49. The van der Waals surface area contributed by atoms with E-state index in [9.17, 15) is 8.42 Å². The Kier molecular flexibility index (Phi) is 8.71. The van der Waals surface area contributed by atoms with Gasteiger partial charge in [-0.05, 0) is 19.3 Å². The summed E-state index contributed by atoms with van der Waals surface area (Å²) in [6.45, 7) is 11.2. The van der Waals surface area contributed by atoms with Crippen molar-refractivity contribution in [1.82, 2.24) is 19.4 Å². The van der Waals surface area contributed by atoms with Gasteiger partial charge in [-0.15, -0.1) is 0 Å². The van der Waals surface area contributed by atoms with Crippen molar-refractivity contribution >= 4 is 27.7 Å². The number of guanidine groups is 1. The minimum atomic E-state index is -3.20. The van der Waals surface area contributed by atoms with Gasteiger partial charge in [-0.2, -0.15) is 11.8 Å². The summed E-state index contributed by atoms with van der Waals surface area (Å²) in [6.07, 6.45) is 1.16.